The topological polar surface area (TPSA) is 100 Å². The molecule has 0 radical (unpaired) electrons. The van der Waals surface area contributed by atoms with E-state index in [1.54, 1.807) is 28.1 Å². The standard InChI is InChI=1S/C23H31FN6O3/c1-15(2)33-23(31)29-9-6-18(7-10-29)30-21(25)17(13-27-30)14-32-20-5-4-16(12-19(20)24)22-26-8-11-28(22)3/h4-5,8,11-13,15,18-20H,6-7,9-10,14,25H2,1-3H3. The van der Waals surface area contributed by atoms with Crippen molar-refractivity contribution in [3.8, 4) is 0 Å². The molecule has 10 heteroatoms. The summed E-state index contributed by atoms with van der Waals surface area (Å²) in [4.78, 5) is 18.1. The Morgan fingerprint density at radius 3 is 2.73 bits per heavy atom. The van der Waals surface area contributed by atoms with Crippen molar-refractivity contribution in [2.45, 2.75) is 57.7 Å². The fourth-order valence-corrected chi connectivity index (χ4v) is 4.13. The lowest BCUT2D eigenvalue weighted by atomic mass is 10.0. The van der Waals surface area contributed by atoms with Crippen LogP contribution in [0.5, 0.6) is 0 Å². The van der Waals surface area contributed by atoms with Gasteiger partial charge >= 0.3 is 6.09 Å². The fourth-order valence-electron chi connectivity index (χ4n) is 4.13. The molecule has 2 aromatic rings. The van der Waals surface area contributed by atoms with Crippen LogP contribution in [-0.2, 0) is 23.1 Å². The SMILES string of the molecule is CC(C)OC(=O)N1CCC(n2ncc(COC3C=CC(c4nccn4C)=CC3F)c2N)CC1. The molecule has 3 heterocycles. The summed E-state index contributed by atoms with van der Waals surface area (Å²) in [6.45, 7) is 5.00. The molecule has 2 aliphatic rings. The molecule has 1 amide bonds. The van der Waals surface area contributed by atoms with E-state index in [2.05, 4.69) is 10.1 Å². The molecule has 1 saturated heterocycles. The number of aromatic nitrogens is 4. The van der Waals surface area contributed by atoms with Gasteiger partial charge in [-0.05, 0) is 32.8 Å². The van der Waals surface area contributed by atoms with Crippen LogP contribution in [0.3, 0.4) is 0 Å². The molecular weight excluding hydrogens is 427 g/mol. The van der Waals surface area contributed by atoms with E-state index in [1.165, 1.54) is 6.08 Å². The summed E-state index contributed by atoms with van der Waals surface area (Å²) >= 11 is 0. The number of carbonyl (C=O) groups excluding carboxylic acids is 1. The summed E-state index contributed by atoms with van der Waals surface area (Å²) < 4.78 is 29.4. The Hall–Kier alpha value is -3.14. The minimum absolute atomic E-state index is 0.0913. The molecule has 0 bridgehead atoms. The second-order valence-corrected chi connectivity index (χ2v) is 8.71. The highest BCUT2D eigenvalue weighted by Crippen LogP contribution is 2.28. The van der Waals surface area contributed by atoms with Gasteiger partial charge in [0.15, 0.2) is 0 Å². The molecule has 2 N–H and O–H groups in total. The van der Waals surface area contributed by atoms with Crippen molar-refractivity contribution in [2.24, 2.45) is 7.05 Å². The molecule has 0 aromatic carbocycles. The average molecular weight is 459 g/mol. The quantitative estimate of drug-likeness (QED) is 0.713. The van der Waals surface area contributed by atoms with Gasteiger partial charge in [0.25, 0.3) is 0 Å². The number of anilines is 1. The Labute approximate surface area is 192 Å². The first kappa shape index (κ1) is 23.0. The van der Waals surface area contributed by atoms with Gasteiger partial charge in [-0.3, -0.25) is 0 Å². The van der Waals surface area contributed by atoms with E-state index in [0.29, 0.717) is 24.7 Å². The number of imidazole rings is 1. The molecule has 9 nitrogen and oxygen atoms in total. The van der Waals surface area contributed by atoms with Gasteiger partial charge in [0.05, 0.1) is 24.9 Å². The number of nitrogen functional groups attached to an aromatic ring is 1. The first-order valence-corrected chi connectivity index (χ1v) is 11.2. The second-order valence-electron chi connectivity index (χ2n) is 8.71. The number of piperidine rings is 1. The summed E-state index contributed by atoms with van der Waals surface area (Å²) in [5, 5.41) is 4.44. The Morgan fingerprint density at radius 1 is 1.33 bits per heavy atom. The van der Waals surface area contributed by atoms with E-state index in [4.69, 9.17) is 15.2 Å². The van der Waals surface area contributed by atoms with E-state index in [1.807, 2.05) is 37.7 Å². The minimum atomic E-state index is -1.28. The van der Waals surface area contributed by atoms with Crippen molar-refractivity contribution in [2.75, 3.05) is 18.8 Å². The number of halogens is 1. The molecule has 2 aromatic heterocycles. The molecule has 2 unspecified atom stereocenters. The van der Waals surface area contributed by atoms with Gasteiger partial charge < -0.3 is 24.7 Å². The number of nitrogens with zero attached hydrogens (tertiary/aromatic N) is 5. The van der Waals surface area contributed by atoms with Crippen LogP contribution in [-0.4, -0.2) is 61.8 Å². The number of aryl methyl sites for hydroxylation is 1. The van der Waals surface area contributed by atoms with Crippen LogP contribution in [0.2, 0.25) is 0 Å². The molecule has 1 aliphatic carbocycles. The van der Waals surface area contributed by atoms with Crippen molar-refractivity contribution in [1.29, 1.82) is 0 Å². The van der Waals surface area contributed by atoms with Crippen molar-refractivity contribution >= 4 is 17.5 Å². The summed E-state index contributed by atoms with van der Waals surface area (Å²) in [6, 6.07) is 0.0913. The van der Waals surface area contributed by atoms with E-state index < -0.39 is 12.3 Å². The third-order valence-corrected chi connectivity index (χ3v) is 5.95. The summed E-state index contributed by atoms with van der Waals surface area (Å²) in [6.07, 6.45) is 9.29. The van der Waals surface area contributed by atoms with E-state index in [-0.39, 0.29) is 24.8 Å². The van der Waals surface area contributed by atoms with Crippen LogP contribution < -0.4 is 5.73 Å². The number of carbonyl (C=O) groups is 1. The van der Waals surface area contributed by atoms with Gasteiger partial charge in [-0.1, -0.05) is 12.2 Å². The summed E-state index contributed by atoms with van der Waals surface area (Å²) in [5.41, 5.74) is 7.77. The van der Waals surface area contributed by atoms with Gasteiger partial charge in [0.2, 0.25) is 0 Å². The molecule has 4 rings (SSSR count). The average Bonchev–Trinajstić information content (AvgIpc) is 3.38. The lowest BCUT2D eigenvalue weighted by molar-refractivity contribution is 0.0326. The Balaban J connectivity index is 1.31. The molecular formula is C23H31FN6O3. The Bertz CT molecular complexity index is 1030. The molecule has 1 fully saturated rings. The third kappa shape index (κ3) is 5.11. The second kappa shape index (κ2) is 9.78. The van der Waals surface area contributed by atoms with Crippen molar-refractivity contribution in [3.05, 3.63) is 48.2 Å². The van der Waals surface area contributed by atoms with Crippen molar-refractivity contribution < 1.29 is 18.7 Å². The zero-order valence-electron chi connectivity index (χ0n) is 19.2. The van der Waals surface area contributed by atoms with Crippen LogP contribution in [0.1, 0.15) is 44.1 Å². The van der Waals surface area contributed by atoms with Gasteiger partial charge in [-0.25, -0.2) is 18.9 Å². The van der Waals surface area contributed by atoms with Crippen molar-refractivity contribution in [1.82, 2.24) is 24.2 Å². The maximum atomic E-state index is 14.7. The van der Waals surface area contributed by atoms with Crippen molar-refractivity contribution in [3.63, 3.8) is 0 Å². The monoisotopic (exact) mass is 458 g/mol. The molecule has 178 valence electrons. The molecule has 0 saturated carbocycles. The van der Waals surface area contributed by atoms with Crippen LogP contribution >= 0.6 is 0 Å². The number of ether oxygens (including phenoxy) is 2. The maximum Gasteiger partial charge on any atom is 0.410 e. The number of nitrogens with two attached hydrogens (primary N) is 1. The minimum Gasteiger partial charge on any atom is -0.447 e. The Kier molecular flexibility index (Phi) is 6.83. The number of likely N-dealkylation sites (tertiary alicyclic amines) is 1. The lowest BCUT2D eigenvalue weighted by Crippen LogP contribution is -2.40. The van der Waals surface area contributed by atoms with E-state index >= 15 is 0 Å². The largest absolute Gasteiger partial charge is 0.447 e. The van der Waals surface area contributed by atoms with Gasteiger partial charge in [-0.15, -0.1) is 0 Å². The highest BCUT2D eigenvalue weighted by molar-refractivity contribution is 5.72. The highest BCUT2D eigenvalue weighted by atomic mass is 19.1. The summed E-state index contributed by atoms with van der Waals surface area (Å²) in [5.74, 6) is 1.22. The molecule has 2 atom stereocenters. The van der Waals surface area contributed by atoms with Gasteiger partial charge in [0, 0.05) is 43.7 Å². The van der Waals surface area contributed by atoms with Gasteiger partial charge in [0.1, 0.15) is 23.9 Å². The Morgan fingerprint density at radius 2 is 2.09 bits per heavy atom. The zero-order chi connectivity index (χ0) is 23.5. The molecule has 33 heavy (non-hydrogen) atoms. The van der Waals surface area contributed by atoms with E-state index in [9.17, 15) is 9.18 Å². The smallest absolute Gasteiger partial charge is 0.410 e. The number of hydrogen-bond acceptors (Lipinski definition) is 6. The van der Waals surface area contributed by atoms with Crippen LogP contribution in [0.4, 0.5) is 15.0 Å². The highest BCUT2D eigenvalue weighted by Gasteiger charge is 2.28. The first-order chi connectivity index (χ1) is 15.8. The van der Waals surface area contributed by atoms with E-state index in [0.717, 1.165) is 24.0 Å². The first-order valence-electron chi connectivity index (χ1n) is 11.2. The number of hydrogen-bond donors (Lipinski definition) is 1. The van der Waals surface area contributed by atoms with Crippen LogP contribution in [0.15, 0.2) is 36.8 Å². The number of amides is 1. The van der Waals surface area contributed by atoms with Crippen LogP contribution in [0.25, 0.3) is 5.57 Å². The summed E-state index contributed by atoms with van der Waals surface area (Å²) in [7, 11) is 1.87. The molecule has 1 aliphatic heterocycles. The normalized spacial score (nSPS) is 21.5. The zero-order valence-corrected chi connectivity index (χ0v) is 19.2. The number of rotatable bonds is 6. The molecule has 0 spiro atoms. The predicted octanol–water partition coefficient (Wildman–Crippen LogP) is 3.26. The number of allylic oxidation sites excluding steroid dienone is 2. The van der Waals surface area contributed by atoms with Crippen LogP contribution in [0, 0.1) is 0 Å². The fraction of sp³-hybridized carbons (Fsp3) is 0.522. The lowest BCUT2D eigenvalue weighted by Gasteiger charge is -2.32. The number of alkyl halides is 1. The predicted molar refractivity (Wildman–Crippen MR) is 122 cm³/mol. The third-order valence-electron chi connectivity index (χ3n) is 5.95. The van der Waals surface area contributed by atoms with Gasteiger partial charge in [-0.2, -0.15) is 5.10 Å². The maximum absolute atomic E-state index is 14.7.